The maximum Gasteiger partial charge on any atom is 0.266 e. The Balaban J connectivity index is 1.72. The Hall–Kier alpha value is -4.26. The van der Waals surface area contributed by atoms with Crippen LogP contribution >= 0.6 is 0 Å². The highest BCUT2D eigenvalue weighted by Crippen LogP contribution is 2.32. The smallest absolute Gasteiger partial charge is 0.266 e. The van der Waals surface area contributed by atoms with Gasteiger partial charge in [0.05, 0.1) is 48.0 Å². The largest absolute Gasteiger partial charge is 0.494 e. The van der Waals surface area contributed by atoms with Gasteiger partial charge in [0.2, 0.25) is 0 Å². The number of hydrogen-bond acceptors (Lipinski definition) is 7. The third kappa shape index (κ3) is 4.84. The van der Waals surface area contributed by atoms with Gasteiger partial charge in [-0.15, -0.1) is 0 Å². The van der Waals surface area contributed by atoms with Crippen molar-refractivity contribution in [1.29, 1.82) is 5.26 Å². The van der Waals surface area contributed by atoms with Crippen LogP contribution in [-0.2, 0) is 4.74 Å². The lowest BCUT2D eigenvalue weighted by Crippen LogP contribution is -2.29. The van der Waals surface area contributed by atoms with Crippen LogP contribution in [0, 0.1) is 17.1 Å². The molecular weight excluding hydrogens is 487 g/mol. The topological polar surface area (TPSA) is 98.4 Å². The Kier molecular flexibility index (Phi) is 7.36. The molecule has 0 bridgehead atoms. The number of fused-ring (bicyclic) bond motifs is 1. The average Bonchev–Trinajstić information content (AvgIpc) is 3.48. The summed E-state index contributed by atoms with van der Waals surface area (Å²) < 4.78 is 31.9. The molecule has 0 radical (unpaired) electrons. The molecule has 1 fully saturated rings. The highest BCUT2D eigenvalue weighted by atomic mass is 19.1. The van der Waals surface area contributed by atoms with E-state index in [1.807, 2.05) is 24.3 Å². The first-order chi connectivity index (χ1) is 18.5. The number of rotatable bonds is 8. The molecule has 0 aliphatic carbocycles. The van der Waals surface area contributed by atoms with Crippen LogP contribution in [0.3, 0.4) is 0 Å². The number of benzene rings is 3. The number of aromatic nitrogens is 2. The van der Waals surface area contributed by atoms with E-state index in [1.54, 1.807) is 25.3 Å². The third-order valence-electron chi connectivity index (χ3n) is 6.62. The maximum absolute atomic E-state index is 14.7. The molecule has 1 saturated heterocycles. The number of nitrogens with zero attached hydrogens (tertiary/aromatic N) is 3. The van der Waals surface area contributed by atoms with Crippen molar-refractivity contribution in [3.63, 3.8) is 0 Å². The summed E-state index contributed by atoms with van der Waals surface area (Å²) in [6, 6.07) is 17.0. The summed E-state index contributed by atoms with van der Waals surface area (Å²) in [6.45, 7) is 1.69. The second kappa shape index (κ2) is 11.0. The standard InChI is InChI=1S/C29H27FN4O4/c1-36-12-13-38-21-8-5-19(6-9-21)22-14-18(17-31)15-23-27(22)33-28(25-4-3-11-32-25)34(29(23)35)20-7-10-26(37-2)24(30)16-20/h5-10,14-16,25,32H,3-4,11-13H2,1-2H3. The molecule has 38 heavy (non-hydrogen) atoms. The summed E-state index contributed by atoms with van der Waals surface area (Å²) in [6.07, 6.45) is 1.72. The molecule has 1 unspecified atom stereocenters. The molecule has 5 rings (SSSR count). The number of hydrogen-bond donors (Lipinski definition) is 1. The lowest BCUT2D eigenvalue weighted by molar-refractivity contribution is 0.146. The van der Waals surface area contributed by atoms with Gasteiger partial charge in [-0.25, -0.2) is 9.37 Å². The lowest BCUT2D eigenvalue weighted by atomic mass is 9.99. The van der Waals surface area contributed by atoms with Crippen molar-refractivity contribution in [3.8, 4) is 34.4 Å². The number of ether oxygens (including phenoxy) is 3. The molecule has 1 atom stereocenters. The van der Waals surface area contributed by atoms with Gasteiger partial charge in [-0.05, 0) is 61.3 Å². The molecule has 0 spiro atoms. The molecule has 194 valence electrons. The molecule has 1 N–H and O–H groups in total. The Morgan fingerprint density at radius 3 is 2.61 bits per heavy atom. The average molecular weight is 515 g/mol. The van der Waals surface area contributed by atoms with Crippen LogP contribution in [0.2, 0.25) is 0 Å². The molecule has 8 nitrogen and oxygen atoms in total. The maximum atomic E-state index is 14.7. The first kappa shape index (κ1) is 25.4. The van der Waals surface area contributed by atoms with Crippen LogP contribution in [0.25, 0.3) is 27.7 Å². The summed E-state index contributed by atoms with van der Waals surface area (Å²) in [7, 11) is 3.00. The fourth-order valence-corrected chi connectivity index (χ4v) is 4.75. The van der Waals surface area contributed by atoms with Crippen molar-refractivity contribution in [2.75, 3.05) is 34.0 Å². The van der Waals surface area contributed by atoms with E-state index in [0.29, 0.717) is 47.1 Å². The van der Waals surface area contributed by atoms with Gasteiger partial charge in [0, 0.05) is 18.7 Å². The number of halogens is 1. The summed E-state index contributed by atoms with van der Waals surface area (Å²) in [4.78, 5) is 19.0. The van der Waals surface area contributed by atoms with Crippen molar-refractivity contribution in [1.82, 2.24) is 14.9 Å². The minimum Gasteiger partial charge on any atom is -0.494 e. The van der Waals surface area contributed by atoms with E-state index in [-0.39, 0.29) is 22.7 Å². The van der Waals surface area contributed by atoms with Crippen LogP contribution in [0.15, 0.2) is 59.4 Å². The van der Waals surface area contributed by atoms with E-state index in [0.717, 1.165) is 24.9 Å². The van der Waals surface area contributed by atoms with Crippen LogP contribution in [0.1, 0.15) is 30.3 Å². The molecule has 1 aliphatic rings. The van der Waals surface area contributed by atoms with Gasteiger partial charge in [0.1, 0.15) is 18.2 Å². The SMILES string of the molecule is COCCOc1ccc(-c2cc(C#N)cc3c(=O)n(-c4ccc(OC)c(F)c4)c(C4CCCN4)nc23)cc1. The molecule has 2 heterocycles. The number of methoxy groups -OCH3 is 2. The molecule has 3 aromatic carbocycles. The molecule has 4 aromatic rings. The lowest BCUT2D eigenvalue weighted by Gasteiger charge is -2.20. The van der Waals surface area contributed by atoms with Crippen LogP contribution < -0.4 is 20.3 Å². The van der Waals surface area contributed by atoms with E-state index in [4.69, 9.17) is 19.2 Å². The normalized spacial score (nSPS) is 14.9. The fraction of sp³-hybridized carbons (Fsp3) is 0.276. The molecule has 0 saturated carbocycles. The van der Waals surface area contributed by atoms with Crippen LogP contribution in [0.5, 0.6) is 11.5 Å². The first-order valence-electron chi connectivity index (χ1n) is 12.3. The van der Waals surface area contributed by atoms with Gasteiger partial charge in [0.25, 0.3) is 5.56 Å². The molecule has 1 aromatic heterocycles. The quantitative estimate of drug-likeness (QED) is 0.345. The van der Waals surface area contributed by atoms with Gasteiger partial charge in [-0.1, -0.05) is 12.1 Å². The van der Waals surface area contributed by atoms with E-state index >= 15 is 0 Å². The Morgan fingerprint density at radius 1 is 1.13 bits per heavy atom. The van der Waals surface area contributed by atoms with Gasteiger partial charge in [-0.3, -0.25) is 9.36 Å². The molecule has 0 amide bonds. The number of nitriles is 1. The summed E-state index contributed by atoms with van der Waals surface area (Å²) in [5, 5.41) is 13.4. The van der Waals surface area contributed by atoms with Crippen molar-refractivity contribution in [2.45, 2.75) is 18.9 Å². The second-order valence-corrected chi connectivity index (χ2v) is 8.98. The summed E-state index contributed by atoms with van der Waals surface area (Å²) in [5.74, 6) is 0.677. The number of nitrogens with one attached hydrogen (secondary N) is 1. The van der Waals surface area contributed by atoms with Crippen molar-refractivity contribution < 1.29 is 18.6 Å². The zero-order chi connectivity index (χ0) is 26.6. The summed E-state index contributed by atoms with van der Waals surface area (Å²) in [5.41, 5.74) is 2.22. The van der Waals surface area contributed by atoms with Crippen molar-refractivity contribution in [2.24, 2.45) is 0 Å². The van der Waals surface area contributed by atoms with E-state index in [1.165, 1.54) is 23.8 Å². The first-order valence-corrected chi connectivity index (χ1v) is 12.3. The predicted octanol–water partition coefficient (Wildman–Crippen LogP) is 4.52. The van der Waals surface area contributed by atoms with Crippen molar-refractivity contribution in [3.05, 3.63) is 82.2 Å². The zero-order valence-electron chi connectivity index (χ0n) is 21.2. The predicted molar refractivity (Wildman–Crippen MR) is 141 cm³/mol. The third-order valence-corrected chi connectivity index (χ3v) is 6.62. The monoisotopic (exact) mass is 514 g/mol. The Bertz CT molecular complexity index is 1570. The minimum atomic E-state index is -0.582. The minimum absolute atomic E-state index is 0.0831. The highest BCUT2D eigenvalue weighted by Gasteiger charge is 2.25. The van der Waals surface area contributed by atoms with Gasteiger partial charge < -0.3 is 19.5 Å². The Morgan fingerprint density at radius 2 is 1.95 bits per heavy atom. The molecule has 9 heteroatoms. The van der Waals surface area contributed by atoms with Gasteiger partial charge in [-0.2, -0.15) is 5.26 Å². The van der Waals surface area contributed by atoms with Crippen LogP contribution in [0.4, 0.5) is 4.39 Å². The molecule has 1 aliphatic heterocycles. The van der Waals surface area contributed by atoms with Gasteiger partial charge >= 0.3 is 0 Å². The van der Waals surface area contributed by atoms with Crippen LogP contribution in [-0.4, -0.2) is 43.5 Å². The highest BCUT2D eigenvalue weighted by molar-refractivity contribution is 5.94. The van der Waals surface area contributed by atoms with E-state index in [2.05, 4.69) is 11.4 Å². The zero-order valence-corrected chi connectivity index (χ0v) is 21.2. The van der Waals surface area contributed by atoms with Gasteiger partial charge in [0.15, 0.2) is 11.6 Å². The van der Waals surface area contributed by atoms with E-state index in [9.17, 15) is 14.4 Å². The van der Waals surface area contributed by atoms with Crippen molar-refractivity contribution >= 4 is 10.9 Å². The second-order valence-electron chi connectivity index (χ2n) is 8.98. The fourth-order valence-electron chi connectivity index (χ4n) is 4.75. The molecular formula is C29H27FN4O4. The summed E-state index contributed by atoms with van der Waals surface area (Å²) >= 11 is 0. The Labute approximate surface area is 219 Å². The van der Waals surface area contributed by atoms with E-state index < -0.39 is 5.82 Å².